The van der Waals surface area contributed by atoms with Crippen LogP contribution in [-0.2, 0) is 4.79 Å². The van der Waals surface area contributed by atoms with Gasteiger partial charge in [-0.25, -0.2) is 0 Å². The second kappa shape index (κ2) is 4.26. The largest absolute Gasteiger partial charge is 0.343 e. The molecule has 0 saturated carbocycles. The first-order valence-corrected chi connectivity index (χ1v) is 5.61. The lowest BCUT2D eigenvalue weighted by Crippen LogP contribution is -2.48. The molecule has 1 amide bonds. The lowest BCUT2D eigenvalue weighted by Gasteiger charge is -2.37. The molecular weight excluding hydrogens is 200 g/mol. The van der Waals surface area contributed by atoms with Gasteiger partial charge >= 0.3 is 0 Å². The molecule has 0 aliphatic carbocycles. The number of nitrogens with zero attached hydrogens (tertiary/aromatic N) is 2. The van der Waals surface area contributed by atoms with Crippen LogP contribution in [0.25, 0.3) is 0 Å². The Bertz CT molecular complexity index is 385. The quantitative estimate of drug-likeness (QED) is 0.712. The van der Waals surface area contributed by atoms with Crippen molar-refractivity contribution in [3.8, 4) is 0 Å². The Kier molecular flexibility index (Phi) is 2.97. The summed E-state index contributed by atoms with van der Waals surface area (Å²) in [4.78, 5) is 16.0. The van der Waals surface area contributed by atoms with E-state index in [-0.39, 0.29) is 11.9 Å². The molecule has 1 aliphatic heterocycles. The van der Waals surface area contributed by atoms with Crippen LogP contribution in [0.5, 0.6) is 0 Å². The van der Waals surface area contributed by atoms with E-state index in [2.05, 4.69) is 24.0 Å². The Labute approximate surface area is 96.7 Å². The maximum Gasteiger partial charge on any atom is 0.244 e. The molecule has 16 heavy (non-hydrogen) atoms. The average molecular weight is 218 g/mol. The fourth-order valence-corrected chi connectivity index (χ4v) is 2.09. The molecule has 1 saturated heterocycles. The minimum Gasteiger partial charge on any atom is -0.343 e. The fraction of sp³-hybridized carbons (Fsp3) is 0.462. The van der Waals surface area contributed by atoms with Gasteiger partial charge in [-0.15, -0.1) is 0 Å². The lowest BCUT2D eigenvalue weighted by atomic mass is 10.0. The summed E-state index contributed by atoms with van der Waals surface area (Å²) in [6, 6.07) is 8.11. The lowest BCUT2D eigenvalue weighted by molar-refractivity contribution is -0.139. The molecule has 1 atom stereocenters. The van der Waals surface area contributed by atoms with Crippen molar-refractivity contribution < 1.29 is 4.79 Å². The molecule has 1 heterocycles. The van der Waals surface area contributed by atoms with E-state index in [1.54, 1.807) is 0 Å². The highest BCUT2D eigenvalue weighted by molar-refractivity contribution is 5.83. The third-order valence-electron chi connectivity index (χ3n) is 3.23. The van der Waals surface area contributed by atoms with Gasteiger partial charge in [0.1, 0.15) is 6.04 Å². The van der Waals surface area contributed by atoms with Gasteiger partial charge in [0.25, 0.3) is 0 Å². The van der Waals surface area contributed by atoms with E-state index in [1.165, 1.54) is 5.56 Å². The first-order valence-electron chi connectivity index (χ1n) is 5.61. The highest BCUT2D eigenvalue weighted by atomic mass is 16.2. The molecule has 3 nitrogen and oxygen atoms in total. The van der Waals surface area contributed by atoms with Crippen LogP contribution >= 0.6 is 0 Å². The highest BCUT2D eigenvalue weighted by Gasteiger charge is 2.31. The fourth-order valence-electron chi connectivity index (χ4n) is 2.09. The Morgan fingerprint density at radius 2 is 1.75 bits per heavy atom. The maximum atomic E-state index is 12.1. The summed E-state index contributed by atoms with van der Waals surface area (Å²) in [6.07, 6.45) is 0. The normalized spacial score (nSPS) is 22.6. The average Bonchev–Trinajstić information content (AvgIpc) is 2.27. The summed E-state index contributed by atoms with van der Waals surface area (Å²) in [6.45, 7) is 3.81. The molecule has 0 radical (unpaired) electrons. The Hall–Kier alpha value is -1.35. The van der Waals surface area contributed by atoms with E-state index >= 15 is 0 Å². The van der Waals surface area contributed by atoms with E-state index in [1.807, 2.05) is 31.1 Å². The van der Waals surface area contributed by atoms with Crippen LogP contribution in [0.15, 0.2) is 24.3 Å². The van der Waals surface area contributed by atoms with Crippen LogP contribution in [0.2, 0.25) is 0 Å². The number of amides is 1. The van der Waals surface area contributed by atoms with Crippen LogP contribution in [0.4, 0.5) is 0 Å². The van der Waals surface area contributed by atoms with Crippen LogP contribution in [0, 0.1) is 6.92 Å². The second-order valence-corrected chi connectivity index (χ2v) is 4.55. The van der Waals surface area contributed by atoms with Crippen molar-refractivity contribution in [2.45, 2.75) is 13.0 Å². The van der Waals surface area contributed by atoms with Crippen LogP contribution in [0.1, 0.15) is 17.2 Å². The molecule has 0 spiro atoms. The zero-order chi connectivity index (χ0) is 11.7. The Morgan fingerprint density at radius 3 is 2.38 bits per heavy atom. The number of hydrogen-bond acceptors (Lipinski definition) is 2. The van der Waals surface area contributed by atoms with Crippen molar-refractivity contribution in [3.05, 3.63) is 35.4 Å². The number of hydrogen-bond donors (Lipinski definition) is 0. The van der Waals surface area contributed by atoms with Crippen molar-refractivity contribution in [1.82, 2.24) is 9.80 Å². The zero-order valence-electron chi connectivity index (χ0n) is 10.1. The van der Waals surface area contributed by atoms with Crippen LogP contribution in [-0.4, -0.2) is 42.9 Å². The highest BCUT2D eigenvalue weighted by Crippen LogP contribution is 2.24. The van der Waals surface area contributed by atoms with Gasteiger partial charge in [-0.3, -0.25) is 9.69 Å². The van der Waals surface area contributed by atoms with Crippen LogP contribution < -0.4 is 0 Å². The smallest absolute Gasteiger partial charge is 0.244 e. The van der Waals surface area contributed by atoms with Gasteiger partial charge in [0.15, 0.2) is 0 Å². The van der Waals surface area contributed by atoms with Gasteiger partial charge in [-0.1, -0.05) is 29.8 Å². The predicted molar refractivity (Wildman–Crippen MR) is 64.2 cm³/mol. The third kappa shape index (κ3) is 1.95. The van der Waals surface area contributed by atoms with Gasteiger partial charge in [0.05, 0.1) is 0 Å². The van der Waals surface area contributed by atoms with Gasteiger partial charge < -0.3 is 4.90 Å². The van der Waals surface area contributed by atoms with Crippen molar-refractivity contribution in [1.29, 1.82) is 0 Å². The summed E-state index contributed by atoms with van der Waals surface area (Å²) in [5, 5.41) is 0. The monoisotopic (exact) mass is 218 g/mol. The zero-order valence-corrected chi connectivity index (χ0v) is 10.1. The number of carbonyl (C=O) groups excluding carboxylic acids is 1. The van der Waals surface area contributed by atoms with E-state index in [0.717, 1.165) is 18.7 Å². The molecule has 1 fully saturated rings. The first kappa shape index (κ1) is 11.1. The van der Waals surface area contributed by atoms with Gasteiger partial charge in [0.2, 0.25) is 5.91 Å². The third-order valence-corrected chi connectivity index (χ3v) is 3.23. The summed E-state index contributed by atoms with van der Waals surface area (Å²) in [5.74, 6) is 0.192. The topological polar surface area (TPSA) is 23.6 Å². The molecule has 3 heteroatoms. The molecule has 0 N–H and O–H groups in total. The molecule has 0 aromatic heterocycles. The first-order chi connectivity index (χ1) is 7.59. The summed E-state index contributed by atoms with van der Waals surface area (Å²) >= 11 is 0. The molecular formula is C13H18N2O. The molecule has 0 bridgehead atoms. The maximum absolute atomic E-state index is 12.1. The minimum atomic E-state index is -0.112. The number of benzene rings is 1. The number of rotatable bonds is 1. The number of carbonyl (C=O) groups is 1. The van der Waals surface area contributed by atoms with E-state index in [0.29, 0.717) is 0 Å². The predicted octanol–water partition coefficient (Wildman–Crippen LogP) is 1.44. The molecule has 1 aliphatic rings. The van der Waals surface area contributed by atoms with Crippen molar-refractivity contribution in [2.75, 3.05) is 27.2 Å². The van der Waals surface area contributed by atoms with Gasteiger partial charge in [0, 0.05) is 20.1 Å². The standard InChI is InChI=1S/C13H18N2O/c1-10-4-6-11(7-5-10)12-13(16)15(3)9-8-14(12)2/h4-7,12H,8-9H2,1-3H3. The summed E-state index contributed by atoms with van der Waals surface area (Å²) in [5.41, 5.74) is 2.31. The van der Waals surface area contributed by atoms with E-state index in [9.17, 15) is 4.79 Å². The van der Waals surface area contributed by atoms with Crippen molar-refractivity contribution >= 4 is 5.91 Å². The molecule has 1 unspecified atom stereocenters. The van der Waals surface area contributed by atoms with Crippen LogP contribution in [0.3, 0.4) is 0 Å². The van der Waals surface area contributed by atoms with E-state index in [4.69, 9.17) is 0 Å². The number of likely N-dealkylation sites (N-methyl/N-ethyl adjacent to an activating group) is 2. The Morgan fingerprint density at radius 1 is 1.12 bits per heavy atom. The molecule has 1 aromatic rings. The Balaban J connectivity index is 2.30. The van der Waals surface area contributed by atoms with Gasteiger partial charge in [-0.05, 0) is 19.5 Å². The number of piperazine rings is 1. The van der Waals surface area contributed by atoms with Gasteiger partial charge in [-0.2, -0.15) is 0 Å². The molecule has 2 rings (SSSR count). The summed E-state index contributed by atoms with van der Waals surface area (Å²) in [7, 11) is 3.88. The summed E-state index contributed by atoms with van der Waals surface area (Å²) < 4.78 is 0. The van der Waals surface area contributed by atoms with Crippen molar-refractivity contribution in [2.24, 2.45) is 0 Å². The SMILES string of the molecule is Cc1ccc(C2C(=O)N(C)CCN2C)cc1. The molecule has 1 aromatic carbocycles. The minimum absolute atomic E-state index is 0.112. The van der Waals surface area contributed by atoms with Crippen molar-refractivity contribution in [3.63, 3.8) is 0 Å². The number of aryl methyl sites for hydroxylation is 1. The van der Waals surface area contributed by atoms with E-state index < -0.39 is 0 Å². The molecule has 86 valence electrons. The second-order valence-electron chi connectivity index (χ2n) is 4.55.